The summed E-state index contributed by atoms with van der Waals surface area (Å²) in [6, 6.07) is 9.81. The molecule has 0 saturated heterocycles. The Bertz CT molecular complexity index is 1230. The second-order valence-electron chi connectivity index (χ2n) is 6.50. The molecule has 1 aromatic carbocycles. The molecule has 10 heteroatoms. The summed E-state index contributed by atoms with van der Waals surface area (Å²) < 4.78 is 26.1. The molecule has 3 aromatic heterocycles. The lowest BCUT2D eigenvalue weighted by Gasteiger charge is -2.06. The van der Waals surface area contributed by atoms with E-state index in [0.717, 1.165) is 10.3 Å². The lowest BCUT2D eigenvalue weighted by atomic mass is 10.2. The third-order valence-electron chi connectivity index (χ3n) is 4.41. The Labute approximate surface area is 186 Å². The number of thiazole rings is 1. The highest BCUT2D eigenvalue weighted by Gasteiger charge is 2.21. The van der Waals surface area contributed by atoms with Crippen LogP contribution in [0.1, 0.15) is 28.7 Å². The van der Waals surface area contributed by atoms with Crippen molar-refractivity contribution in [2.75, 3.05) is 13.2 Å². The number of carbonyl (C=O) groups is 1. The molecule has 3 heterocycles. The zero-order valence-electron chi connectivity index (χ0n) is 16.5. The first-order valence-corrected chi connectivity index (χ1v) is 10.8. The van der Waals surface area contributed by atoms with Crippen molar-refractivity contribution in [1.82, 2.24) is 19.7 Å². The Balaban J connectivity index is 1.55. The molecule has 0 saturated carbocycles. The SMILES string of the molecule is CCOC(=O)c1nc(-n2ccc3cc(Cl)nnc32)sc1CCCOc1ccccc1F. The van der Waals surface area contributed by atoms with E-state index in [1.54, 1.807) is 42.0 Å². The monoisotopic (exact) mass is 460 g/mol. The molecule has 4 rings (SSSR count). The number of ether oxygens (including phenoxy) is 2. The molecule has 0 aliphatic rings. The summed E-state index contributed by atoms with van der Waals surface area (Å²) >= 11 is 7.27. The molecular formula is C21H18ClFN4O3S. The molecule has 0 aliphatic heterocycles. The number of aryl methyl sites for hydroxylation is 1. The van der Waals surface area contributed by atoms with Crippen molar-refractivity contribution < 1.29 is 18.7 Å². The van der Waals surface area contributed by atoms with Crippen molar-refractivity contribution in [3.63, 3.8) is 0 Å². The van der Waals surface area contributed by atoms with E-state index >= 15 is 0 Å². The Hall–Kier alpha value is -3.04. The summed E-state index contributed by atoms with van der Waals surface area (Å²) in [5.41, 5.74) is 0.847. The lowest BCUT2D eigenvalue weighted by molar-refractivity contribution is 0.0519. The van der Waals surface area contributed by atoms with E-state index < -0.39 is 11.8 Å². The number of fused-ring (bicyclic) bond motifs is 1. The summed E-state index contributed by atoms with van der Waals surface area (Å²) in [6.07, 6.45) is 2.90. The molecular weight excluding hydrogens is 443 g/mol. The Kier molecular flexibility index (Phi) is 6.43. The number of nitrogens with zero attached hydrogens (tertiary/aromatic N) is 4. The van der Waals surface area contributed by atoms with Crippen molar-refractivity contribution in [1.29, 1.82) is 0 Å². The van der Waals surface area contributed by atoms with Crippen LogP contribution in [-0.4, -0.2) is 38.9 Å². The number of esters is 1. The van der Waals surface area contributed by atoms with Gasteiger partial charge in [-0.05, 0) is 44.0 Å². The van der Waals surface area contributed by atoms with Gasteiger partial charge in [0.05, 0.1) is 13.2 Å². The Morgan fingerprint density at radius 3 is 2.90 bits per heavy atom. The standard InChI is InChI=1S/C21H18ClFN4O3S/c1-2-29-20(28)18-16(8-5-11-30-15-7-4-3-6-14(15)23)31-21(24-18)27-10-9-13-12-17(22)25-26-19(13)27/h3-4,6-7,9-10,12H,2,5,8,11H2,1H3. The van der Waals surface area contributed by atoms with Crippen LogP contribution in [0.25, 0.3) is 16.2 Å². The van der Waals surface area contributed by atoms with Crippen LogP contribution < -0.4 is 4.74 Å². The molecule has 0 radical (unpaired) electrons. The second-order valence-corrected chi connectivity index (χ2v) is 7.95. The number of hydrogen-bond acceptors (Lipinski definition) is 7. The molecule has 0 atom stereocenters. The first-order chi connectivity index (χ1) is 15.1. The molecule has 7 nitrogen and oxygen atoms in total. The molecule has 0 fully saturated rings. The van der Waals surface area contributed by atoms with E-state index in [0.29, 0.717) is 35.4 Å². The van der Waals surface area contributed by atoms with Gasteiger partial charge in [0.15, 0.2) is 33.2 Å². The summed E-state index contributed by atoms with van der Waals surface area (Å²) in [6.45, 7) is 2.29. The van der Waals surface area contributed by atoms with Crippen LogP contribution in [0.3, 0.4) is 0 Å². The van der Waals surface area contributed by atoms with Crippen LogP contribution in [-0.2, 0) is 11.2 Å². The quantitative estimate of drug-likeness (QED) is 0.276. The van der Waals surface area contributed by atoms with Gasteiger partial charge in [0.2, 0.25) is 0 Å². The third-order valence-corrected chi connectivity index (χ3v) is 5.71. The van der Waals surface area contributed by atoms with Crippen LogP contribution in [0.4, 0.5) is 4.39 Å². The number of benzene rings is 1. The first kappa shape index (κ1) is 21.2. The molecule has 0 amide bonds. The summed E-state index contributed by atoms with van der Waals surface area (Å²) in [5, 5.41) is 9.70. The minimum absolute atomic E-state index is 0.203. The maximum absolute atomic E-state index is 13.7. The molecule has 0 bridgehead atoms. The van der Waals surface area contributed by atoms with Crippen molar-refractivity contribution >= 4 is 39.9 Å². The average Bonchev–Trinajstić information content (AvgIpc) is 3.36. The van der Waals surface area contributed by atoms with Crippen LogP contribution in [0, 0.1) is 5.82 Å². The number of hydrogen-bond donors (Lipinski definition) is 0. The third kappa shape index (κ3) is 4.67. The molecule has 4 aromatic rings. The van der Waals surface area contributed by atoms with Gasteiger partial charge in [-0.2, -0.15) is 0 Å². The molecule has 31 heavy (non-hydrogen) atoms. The van der Waals surface area contributed by atoms with Crippen LogP contribution >= 0.6 is 22.9 Å². The number of halogens is 2. The molecule has 0 unspecified atom stereocenters. The van der Waals surface area contributed by atoms with Gasteiger partial charge < -0.3 is 9.47 Å². The zero-order chi connectivity index (χ0) is 21.8. The largest absolute Gasteiger partial charge is 0.491 e. The van der Waals surface area contributed by atoms with Crippen molar-refractivity contribution in [3.8, 4) is 10.9 Å². The van der Waals surface area contributed by atoms with Crippen molar-refractivity contribution in [3.05, 3.63) is 64.1 Å². The molecule has 0 aliphatic carbocycles. The highest BCUT2D eigenvalue weighted by atomic mass is 35.5. The summed E-state index contributed by atoms with van der Waals surface area (Å²) in [5.74, 6) is -0.690. The number of carbonyl (C=O) groups excluding carboxylic acids is 1. The first-order valence-electron chi connectivity index (χ1n) is 9.61. The molecule has 0 N–H and O–H groups in total. The van der Waals surface area contributed by atoms with Gasteiger partial charge in [-0.3, -0.25) is 4.57 Å². The van der Waals surface area contributed by atoms with E-state index in [9.17, 15) is 9.18 Å². The fourth-order valence-corrected chi connectivity index (χ4v) is 4.24. The van der Waals surface area contributed by atoms with Crippen LogP contribution in [0.15, 0.2) is 42.6 Å². The highest BCUT2D eigenvalue weighted by molar-refractivity contribution is 7.14. The highest BCUT2D eigenvalue weighted by Crippen LogP contribution is 2.28. The van der Waals surface area contributed by atoms with Gasteiger partial charge >= 0.3 is 5.97 Å². The van der Waals surface area contributed by atoms with Gasteiger partial charge in [-0.1, -0.05) is 23.7 Å². The van der Waals surface area contributed by atoms with Gasteiger partial charge in [-0.15, -0.1) is 21.5 Å². The van der Waals surface area contributed by atoms with E-state index in [4.69, 9.17) is 21.1 Å². The van der Waals surface area contributed by atoms with Gasteiger partial charge in [-0.25, -0.2) is 14.2 Å². The lowest BCUT2D eigenvalue weighted by Crippen LogP contribution is -2.09. The number of rotatable bonds is 8. The zero-order valence-corrected chi connectivity index (χ0v) is 18.1. The normalized spacial score (nSPS) is 11.1. The van der Waals surface area contributed by atoms with Crippen LogP contribution in [0.5, 0.6) is 5.75 Å². The number of aromatic nitrogens is 4. The number of para-hydroxylation sites is 1. The minimum atomic E-state index is -0.486. The molecule has 0 spiro atoms. The van der Waals surface area contributed by atoms with E-state index in [-0.39, 0.29) is 18.1 Å². The van der Waals surface area contributed by atoms with E-state index in [2.05, 4.69) is 15.2 Å². The minimum Gasteiger partial charge on any atom is -0.491 e. The van der Waals surface area contributed by atoms with Crippen molar-refractivity contribution in [2.45, 2.75) is 19.8 Å². The fourth-order valence-electron chi connectivity index (χ4n) is 3.01. The van der Waals surface area contributed by atoms with Gasteiger partial charge in [0, 0.05) is 16.5 Å². The van der Waals surface area contributed by atoms with Gasteiger partial charge in [0.1, 0.15) is 0 Å². The second kappa shape index (κ2) is 9.40. The average molecular weight is 461 g/mol. The molecule has 160 valence electrons. The van der Waals surface area contributed by atoms with E-state index in [1.807, 2.05) is 6.07 Å². The van der Waals surface area contributed by atoms with Gasteiger partial charge in [0.25, 0.3) is 0 Å². The smallest absolute Gasteiger partial charge is 0.358 e. The van der Waals surface area contributed by atoms with Crippen LogP contribution in [0.2, 0.25) is 5.15 Å². The summed E-state index contributed by atoms with van der Waals surface area (Å²) in [7, 11) is 0. The maximum Gasteiger partial charge on any atom is 0.358 e. The Morgan fingerprint density at radius 1 is 1.26 bits per heavy atom. The predicted molar refractivity (Wildman–Crippen MR) is 116 cm³/mol. The Morgan fingerprint density at radius 2 is 2.10 bits per heavy atom. The van der Waals surface area contributed by atoms with E-state index in [1.165, 1.54) is 17.4 Å². The summed E-state index contributed by atoms with van der Waals surface area (Å²) in [4.78, 5) is 17.7. The predicted octanol–water partition coefficient (Wildman–Crippen LogP) is 4.86. The topological polar surface area (TPSA) is 79.1 Å². The maximum atomic E-state index is 13.7. The van der Waals surface area contributed by atoms with Crippen molar-refractivity contribution in [2.24, 2.45) is 0 Å². The fraction of sp³-hybridized carbons (Fsp3) is 0.238.